The van der Waals surface area contributed by atoms with Gasteiger partial charge in [0.1, 0.15) is 0 Å². The molecule has 0 aromatic carbocycles. The van der Waals surface area contributed by atoms with Crippen LogP contribution in [0.1, 0.15) is 106 Å². The van der Waals surface area contributed by atoms with Crippen LogP contribution in [0.4, 0.5) is 0 Å². The number of allylic oxidation sites excluding steroid dienone is 2. The molecule has 0 nitrogen and oxygen atoms in total. The van der Waals surface area contributed by atoms with Gasteiger partial charge in [-0.25, -0.2) is 0 Å². The Bertz CT molecular complexity index is 121. The first-order chi connectivity index (χ1) is 8.68. The third-order valence-electron chi connectivity index (χ3n) is 2.78. The maximum Gasteiger partial charge on any atom is -0.0442 e. The van der Waals surface area contributed by atoms with Gasteiger partial charge >= 0.3 is 0 Å². The van der Waals surface area contributed by atoms with Crippen molar-refractivity contribution in [2.45, 2.75) is 106 Å². The number of unbranched alkanes of at least 4 members (excludes halogenated alkanes) is 8. The molecule has 0 spiro atoms. The van der Waals surface area contributed by atoms with Crippen LogP contribution in [0.5, 0.6) is 0 Å². The van der Waals surface area contributed by atoms with Crippen molar-refractivity contribution in [3.8, 4) is 0 Å². The van der Waals surface area contributed by atoms with Gasteiger partial charge in [0.05, 0.1) is 0 Å². The highest BCUT2D eigenvalue weighted by molar-refractivity contribution is 4.88. The quantitative estimate of drug-likeness (QED) is 0.311. The fourth-order valence-electron chi connectivity index (χ4n) is 1.38. The van der Waals surface area contributed by atoms with E-state index >= 15 is 0 Å². The summed E-state index contributed by atoms with van der Waals surface area (Å²) < 4.78 is 0. The summed E-state index contributed by atoms with van der Waals surface area (Å²) in [6.07, 6.45) is 15.0. The van der Waals surface area contributed by atoms with E-state index in [2.05, 4.69) is 33.8 Å². The molecule has 0 aromatic rings. The minimum absolute atomic E-state index is 1.37. The molecule has 0 bridgehead atoms. The lowest BCUT2D eigenvalue weighted by molar-refractivity contribution is 0.572. The van der Waals surface area contributed by atoms with E-state index in [1.807, 2.05) is 20.8 Å². The molecular formula is C18H40. The lowest BCUT2D eigenvalue weighted by atomic mass is 10.1. The lowest BCUT2D eigenvalue weighted by Crippen LogP contribution is -1.79. The summed E-state index contributed by atoms with van der Waals surface area (Å²) in [5, 5.41) is 0. The molecule has 0 aromatic heterocycles. The summed E-state index contributed by atoms with van der Waals surface area (Å²) in [5.74, 6) is 0. The van der Waals surface area contributed by atoms with Crippen LogP contribution < -0.4 is 0 Å². The van der Waals surface area contributed by atoms with E-state index in [9.17, 15) is 0 Å². The van der Waals surface area contributed by atoms with Gasteiger partial charge in [0.15, 0.2) is 0 Å². The van der Waals surface area contributed by atoms with Gasteiger partial charge < -0.3 is 0 Å². The van der Waals surface area contributed by atoms with E-state index in [0.717, 1.165) is 0 Å². The number of hydrogen-bond donors (Lipinski definition) is 0. The van der Waals surface area contributed by atoms with Gasteiger partial charge in [0, 0.05) is 0 Å². The zero-order valence-corrected chi connectivity index (χ0v) is 14.4. The molecule has 0 saturated heterocycles. The Balaban J connectivity index is -0.000000270. The van der Waals surface area contributed by atoms with E-state index in [-0.39, 0.29) is 0 Å². The van der Waals surface area contributed by atoms with Crippen LogP contribution >= 0.6 is 0 Å². The van der Waals surface area contributed by atoms with Gasteiger partial charge in [0.25, 0.3) is 0 Å². The van der Waals surface area contributed by atoms with Crippen LogP contribution in [0.15, 0.2) is 11.6 Å². The molecule has 0 heterocycles. The monoisotopic (exact) mass is 256 g/mol. The van der Waals surface area contributed by atoms with Crippen molar-refractivity contribution in [2.24, 2.45) is 0 Å². The molecule has 0 unspecified atom stereocenters. The van der Waals surface area contributed by atoms with Gasteiger partial charge in [-0.05, 0) is 20.8 Å². The molecule has 0 fully saturated rings. The Morgan fingerprint density at radius 2 is 0.889 bits per heavy atom. The van der Waals surface area contributed by atoms with E-state index in [0.29, 0.717) is 0 Å². The van der Waals surface area contributed by atoms with Crippen molar-refractivity contribution in [1.29, 1.82) is 0 Å². The van der Waals surface area contributed by atoms with E-state index in [1.54, 1.807) is 0 Å². The van der Waals surface area contributed by atoms with Gasteiger partial charge in [-0.1, -0.05) is 97.1 Å². The van der Waals surface area contributed by atoms with E-state index in [4.69, 9.17) is 0 Å². The molecule has 0 aliphatic rings. The second-order valence-corrected chi connectivity index (χ2v) is 4.84. The predicted octanol–water partition coefficient (Wildman–Crippen LogP) is 7.54. The number of hydrogen-bond acceptors (Lipinski definition) is 0. The fraction of sp³-hybridized carbons (Fsp3) is 0.889. The Morgan fingerprint density at radius 1 is 0.667 bits per heavy atom. The summed E-state index contributed by atoms with van der Waals surface area (Å²) in [6.45, 7) is 14.8. The Hall–Kier alpha value is -0.260. The van der Waals surface area contributed by atoms with E-state index in [1.165, 1.54) is 63.4 Å². The molecule has 0 N–H and O–H groups in total. The number of rotatable bonds is 8. The van der Waals surface area contributed by atoms with Gasteiger partial charge in [-0.2, -0.15) is 0 Å². The summed E-state index contributed by atoms with van der Waals surface area (Å²) in [7, 11) is 0. The Kier molecular flexibility index (Phi) is 32.5. The summed E-state index contributed by atoms with van der Waals surface area (Å²) in [6, 6.07) is 0. The fourth-order valence-corrected chi connectivity index (χ4v) is 1.38. The SMILES string of the molecule is CC.CC=C(C)C.CCCCCCCCCCC. The molecule has 0 radical (unpaired) electrons. The van der Waals surface area contributed by atoms with Crippen molar-refractivity contribution in [2.75, 3.05) is 0 Å². The highest BCUT2D eigenvalue weighted by Gasteiger charge is 1.88. The smallest absolute Gasteiger partial charge is 0.0442 e. The topological polar surface area (TPSA) is 0 Å². The highest BCUT2D eigenvalue weighted by atomic mass is 13.9. The van der Waals surface area contributed by atoms with Crippen LogP contribution in [0, 0.1) is 0 Å². The summed E-state index contributed by atoms with van der Waals surface area (Å²) in [5.41, 5.74) is 1.38. The molecule has 112 valence electrons. The van der Waals surface area contributed by atoms with Crippen molar-refractivity contribution in [3.05, 3.63) is 11.6 Å². The molecule has 0 aliphatic carbocycles. The van der Waals surface area contributed by atoms with Gasteiger partial charge in [-0.3, -0.25) is 0 Å². The molecule has 0 saturated carbocycles. The zero-order valence-electron chi connectivity index (χ0n) is 14.4. The van der Waals surface area contributed by atoms with Crippen LogP contribution in [-0.4, -0.2) is 0 Å². The minimum Gasteiger partial charge on any atom is -0.0890 e. The predicted molar refractivity (Wildman–Crippen MR) is 89.4 cm³/mol. The maximum absolute atomic E-state index is 2.27. The molecule has 0 aliphatic heterocycles. The van der Waals surface area contributed by atoms with E-state index < -0.39 is 0 Å². The van der Waals surface area contributed by atoms with Crippen molar-refractivity contribution in [3.63, 3.8) is 0 Å². The van der Waals surface area contributed by atoms with Crippen LogP contribution in [0.3, 0.4) is 0 Å². The second kappa shape index (κ2) is 25.6. The average molecular weight is 257 g/mol. The standard InChI is InChI=1S/C11H24.C5H10.C2H6/c1-3-5-7-9-11-10-8-6-4-2;1-4-5(2)3;1-2/h3-11H2,1-2H3;4H,1-3H3;1-2H3. The average Bonchev–Trinajstić information content (AvgIpc) is 2.41. The second-order valence-electron chi connectivity index (χ2n) is 4.84. The van der Waals surface area contributed by atoms with Crippen LogP contribution in [0.2, 0.25) is 0 Å². The molecule has 18 heavy (non-hydrogen) atoms. The van der Waals surface area contributed by atoms with Crippen molar-refractivity contribution in [1.82, 2.24) is 0 Å². The Labute approximate surface area is 118 Å². The van der Waals surface area contributed by atoms with Crippen molar-refractivity contribution >= 4 is 0 Å². The third kappa shape index (κ3) is 36.0. The summed E-state index contributed by atoms with van der Waals surface area (Å²) in [4.78, 5) is 0. The first kappa shape index (κ1) is 22.9. The lowest BCUT2D eigenvalue weighted by Gasteiger charge is -1.98. The molecular weight excluding hydrogens is 216 g/mol. The summed E-state index contributed by atoms with van der Waals surface area (Å²) >= 11 is 0. The molecule has 0 amide bonds. The highest BCUT2D eigenvalue weighted by Crippen LogP contribution is 2.08. The normalized spacial score (nSPS) is 8.61. The van der Waals surface area contributed by atoms with Gasteiger partial charge in [0.2, 0.25) is 0 Å². The minimum atomic E-state index is 1.37. The van der Waals surface area contributed by atoms with Crippen LogP contribution in [-0.2, 0) is 0 Å². The molecule has 0 heteroatoms. The molecule has 0 rings (SSSR count). The first-order valence-corrected chi connectivity index (χ1v) is 8.28. The van der Waals surface area contributed by atoms with Crippen LogP contribution in [0.25, 0.3) is 0 Å². The third-order valence-corrected chi connectivity index (χ3v) is 2.78. The first-order valence-electron chi connectivity index (χ1n) is 8.28. The Morgan fingerprint density at radius 3 is 1.06 bits per heavy atom. The van der Waals surface area contributed by atoms with Gasteiger partial charge in [-0.15, -0.1) is 0 Å². The van der Waals surface area contributed by atoms with Crippen molar-refractivity contribution < 1.29 is 0 Å². The largest absolute Gasteiger partial charge is 0.0890 e. The maximum atomic E-state index is 2.27. The molecule has 0 atom stereocenters. The zero-order chi connectivity index (χ0) is 14.6.